The van der Waals surface area contributed by atoms with Gasteiger partial charge in [-0.1, -0.05) is 13.8 Å². The van der Waals surface area contributed by atoms with Crippen LogP contribution < -0.4 is 10.4 Å². The first kappa shape index (κ1) is 13.9. The van der Waals surface area contributed by atoms with Crippen LogP contribution in [0.25, 0.3) is 0 Å². The van der Waals surface area contributed by atoms with Crippen LogP contribution in [0.4, 0.5) is 4.39 Å². The molecular weight excluding hydrogens is 201 g/mol. The highest BCUT2D eigenvalue weighted by Crippen LogP contribution is 2.14. The van der Waals surface area contributed by atoms with Crippen molar-refractivity contribution in [3.05, 3.63) is 0 Å². The number of hydrogen-bond acceptors (Lipinski definition) is 3. The molecule has 0 rings (SSSR count). The van der Waals surface area contributed by atoms with Crippen LogP contribution in [-0.2, 0) is 9.59 Å². The van der Waals surface area contributed by atoms with E-state index < -0.39 is 24.5 Å². The van der Waals surface area contributed by atoms with E-state index in [1.165, 1.54) is 0 Å². The third-order valence-electron chi connectivity index (χ3n) is 2.31. The largest absolute Gasteiger partial charge is 0.550 e. The van der Waals surface area contributed by atoms with Gasteiger partial charge in [-0.05, 0) is 18.8 Å². The highest BCUT2D eigenvalue weighted by Gasteiger charge is 2.18. The summed E-state index contributed by atoms with van der Waals surface area (Å²) >= 11 is 0. The maximum atomic E-state index is 11.8. The van der Waals surface area contributed by atoms with E-state index in [-0.39, 0.29) is 18.9 Å². The Morgan fingerprint density at radius 1 is 1.47 bits per heavy atom. The number of carbonyl (C=O) groups excluding carboxylic acids is 2. The number of halogens is 1. The van der Waals surface area contributed by atoms with Crippen molar-refractivity contribution in [1.29, 1.82) is 0 Å². The maximum Gasteiger partial charge on any atom is 0.222 e. The predicted octanol–water partition coefficient (Wildman–Crippen LogP) is -0.126. The lowest BCUT2D eigenvalue weighted by Gasteiger charge is -2.19. The smallest absolute Gasteiger partial charge is 0.222 e. The number of carboxylic acid groups (broad SMARTS) is 1. The average molecular weight is 218 g/mol. The molecule has 88 valence electrons. The molecule has 5 heteroatoms. The van der Waals surface area contributed by atoms with Gasteiger partial charge in [0.1, 0.15) is 6.67 Å². The zero-order chi connectivity index (χ0) is 11.8. The normalized spacial score (nSPS) is 14.3. The number of rotatable bonds is 7. The Bertz CT molecular complexity index is 221. The van der Waals surface area contributed by atoms with Gasteiger partial charge < -0.3 is 15.2 Å². The average Bonchev–Trinajstić information content (AvgIpc) is 2.21. The Balaban J connectivity index is 4.04. The third kappa shape index (κ3) is 5.34. The lowest BCUT2D eigenvalue weighted by Crippen LogP contribution is -2.36. The molecule has 0 heterocycles. The van der Waals surface area contributed by atoms with Crippen molar-refractivity contribution in [3.63, 3.8) is 0 Å². The van der Waals surface area contributed by atoms with Crippen molar-refractivity contribution in [2.75, 3.05) is 13.2 Å². The first-order valence-corrected chi connectivity index (χ1v) is 5.07. The first-order chi connectivity index (χ1) is 7.02. The Morgan fingerprint density at radius 2 is 2.07 bits per heavy atom. The minimum Gasteiger partial charge on any atom is -0.550 e. The van der Waals surface area contributed by atoms with E-state index >= 15 is 0 Å². The standard InChI is InChI=1S/C10H18FNO3/c1-3-8(10(14)15)6-7(2)9(13)12-5-4-11/h7-8H,3-6H2,1-2H3,(H,12,13)(H,14,15)/p-1. The Hall–Kier alpha value is -1.13. The van der Waals surface area contributed by atoms with Gasteiger partial charge in [0.25, 0.3) is 0 Å². The molecule has 4 nitrogen and oxygen atoms in total. The molecule has 0 aliphatic heterocycles. The van der Waals surface area contributed by atoms with Gasteiger partial charge in [-0.15, -0.1) is 0 Å². The number of aliphatic carboxylic acids is 1. The zero-order valence-electron chi connectivity index (χ0n) is 9.09. The molecule has 0 radical (unpaired) electrons. The van der Waals surface area contributed by atoms with Gasteiger partial charge in [-0.25, -0.2) is 4.39 Å². The summed E-state index contributed by atoms with van der Waals surface area (Å²) in [5.74, 6) is -2.49. The second-order valence-corrected chi connectivity index (χ2v) is 3.54. The van der Waals surface area contributed by atoms with Gasteiger partial charge in [0, 0.05) is 18.4 Å². The highest BCUT2D eigenvalue weighted by molar-refractivity contribution is 5.79. The van der Waals surface area contributed by atoms with E-state index in [1.807, 2.05) is 0 Å². The van der Waals surface area contributed by atoms with Gasteiger partial charge in [0.15, 0.2) is 0 Å². The number of carboxylic acids is 1. The van der Waals surface area contributed by atoms with Gasteiger partial charge in [-0.2, -0.15) is 0 Å². The molecule has 15 heavy (non-hydrogen) atoms. The van der Waals surface area contributed by atoms with Crippen molar-refractivity contribution in [3.8, 4) is 0 Å². The molecule has 0 fully saturated rings. The Morgan fingerprint density at radius 3 is 2.47 bits per heavy atom. The molecule has 0 aromatic carbocycles. The van der Waals surface area contributed by atoms with Crippen molar-refractivity contribution in [1.82, 2.24) is 5.32 Å². The summed E-state index contributed by atoms with van der Waals surface area (Å²) in [7, 11) is 0. The molecule has 1 N–H and O–H groups in total. The van der Waals surface area contributed by atoms with Crippen LogP contribution in [0.3, 0.4) is 0 Å². The predicted molar refractivity (Wildman–Crippen MR) is 51.6 cm³/mol. The Kier molecular flexibility index (Phi) is 6.66. The number of alkyl halides is 1. The number of carbonyl (C=O) groups is 2. The lowest BCUT2D eigenvalue weighted by molar-refractivity contribution is -0.312. The molecule has 0 aromatic rings. The van der Waals surface area contributed by atoms with Crippen LogP contribution in [0.15, 0.2) is 0 Å². The van der Waals surface area contributed by atoms with Crippen molar-refractivity contribution < 1.29 is 19.1 Å². The second kappa shape index (κ2) is 7.20. The molecule has 1 amide bonds. The summed E-state index contributed by atoms with van der Waals surface area (Å²) in [6.45, 7) is 2.72. The minimum atomic E-state index is -1.14. The first-order valence-electron chi connectivity index (χ1n) is 5.07. The zero-order valence-corrected chi connectivity index (χ0v) is 9.09. The number of amides is 1. The monoisotopic (exact) mass is 218 g/mol. The molecule has 0 aromatic heterocycles. The van der Waals surface area contributed by atoms with E-state index in [0.717, 1.165) is 0 Å². The fraction of sp³-hybridized carbons (Fsp3) is 0.800. The Labute approximate surface area is 88.9 Å². The minimum absolute atomic E-state index is 0.0225. The summed E-state index contributed by atoms with van der Waals surface area (Å²) in [4.78, 5) is 21.9. The van der Waals surface area contributed by atoms with Gasteiger partial charge in [0.2, 0.25) is 5.91 Å². The molecular formula is C10H17FNO3-. The molecule has 0 spiro atoms. The van der Waals surface area contributed by atoms with Gasteiger partial charge in [0.05, 0.1) is 0 Å². The fourth-order valence-corrected chi connectivity index (χ4v) is 1.31. The summed E-state index contributed by atoms with van der Waals surface area (Å²) in [5, 5.41) is 13.0. The highest BCUT2D eigenvalue weighted by atomic mass is 19.1. The van der Waals surface area contributed by atoms with Gasteiger partial charge >= 0.3 is 0 Å². The maximum absolute atomic E-state index is 11.8. The molecule has 2 atom stereocenters. The molecule has 0 saturated heterocycles. The summed E-state index contributed by atoms with van der Waals surface area (Å²) in [5.41, 5.74) is 0. The molecule has 0 bridgehead atoms. The fourth-order valence-electron chi connectivity index (χ4n) is 1.31. The van der Waals surface area contributed by atoms with E-state index in [0.29, 0.717) is 6.42 Å². The lowest BCUT2D eigenvalue weighted by atomic mass is 9.93. The van der Waals surface area contributed by atoms with E-state index in [1.54, 1.807) is 13.8 Å². The van der Waals surface area contributed by atoms with Gasteiger partial charge in [-0.3, -0.25) is 4.79 Å². The molecule has 2 unspecified atom stereocenters. The summed E-state index contributed by atoms with van der Waals surface area (Å²) in [6.07, 6.45) is 0.667. The van der Waals surface area contributed by atoms with Crippen LogP contribution in [0.2, 0.25) is 0 Å². The van der Waals surface area contributed by atoms with Crippen LogP contribution in [0, 0.1) is 11.8 Å². The quantitative estimate of drug-likeness (QED) is 0.647. The summed E-state index contributed by atoms with van der Waals surface area (Å²) < 4.78 is 11.8. The van der Waals surface area contributed by atoms with Crippen molar-refractivity contribution in [2.45, 2.75) is 26.7 Å². The van der Waals surface area contributed by atoms with E-state index in [2.05, 4.69) is 5.32 Å². The van der Waals surface area contributed by atoms with Crippen LogP contribution in [-0.4, -0.2) is 25.1 Å². The van der Waals surface area contributed by atoms with Crippen LogP contribution in [0.5, 0.6) is 0 Å². The molecule has 0 aliphatic rings. The van der Waals surface area contributed by atoms with E-state index in [4.69, 9.17) is 0 Å². The molecule has 0 saturated carbocycles. The van der Waals surface area contributed by atoms with Crippen molar-refractivity contribution in [2.24, 2.45) is 11.8 Å². The van der Waals surface area contributed by atoms with Crippen LogP contribution >= 0.6 is 0 Å². The number of nitrogens with one attached hydrogen (secondary N) is 1. The third-order valence-corrected chi connectivity index (χ3v) is 2.31. The number of hydrogen-bond donors (Lipinski definition) is 1. The van der Waals surface area contributed by atoms with Crippen molar-refractivity contribution >= 4 is 11.9 Å². The SMILES string of the molecule is CCC(CC(C)C(=O)NCCF)C(=O)[O-]. The summed E-state index contributed by atoms with van der Waals surface area (Å²) in [6, 6.07) is 0. The second-order valence-electron chi connectivity index (χ2n) is 3.54. The topological polar surface area (TPSA) is 69.2 Å². The van der Waals surface area contributed by atoms with E-state index in [9.17, 15) is 19.1 Å². The molecule has 0 aliphatic carbocycles. The van der Waals surface area contributed by atoms with Crippen LogP contribution in [0.1, 0.15) is 26.7 Å².